The van der Waals surface area contributed by atoms with Gasteiger partial charge in [-0.05, 0) is 36.0 Å². The van der Waals surface area contributed by atoms with Gasteiger partial charge in [-0.25, -0.2) is 4.68 Å². The molecule has 0 radical (unpaired) electrons. The molecule has 1 aromatic carbocycles. The van der Waals surface area contributed by atoms with Crippen molar-refractivity contribution in [2.24, 2.45) is 7.05 Å². The highest BCUT2D eigenvalue weighted by Crippen LogP contribution is 2.37. The Labute approximate surface area is 130 Å². The number of hydrogen-bond acceptors (Lipinski definition) is 5. The molecule has 0 atom stereocenters. The summed E-state index contributed by atoms with van der Waals surface area (Å²) in [7, 11) is 3.60. The molecule has 112 valence electrons. The number of halogens is 1. The van der Waals surface area contributed by atoms with Crippen molar-refractivity contribution >= 4 is 21.6 Å². The number of aryl methyl sites for hydroxylation is 2. The van der Waals surface area contributed by atoms with Crippen LogP contribution in [0.2, 0.25) is 0 Å². The molecule has 0 spiro atoms. The highest BCUT2D eigenvalue weighted by Gasteiger charge is 2.20. The van der Waals surface area contributed by atoms with E-state index < -0.39 is 4.92 Å². The van der Waals surface area contributed by atoms with E-state index in [1.54, 1.807) is 23.9 Å². The minimum absolute atomic E-state index is 0.0402. The Morgan fingerprint density at radius 2 is 2.24 bits per heavy atom. The van der Waals surface area contributed by atoms with Crippen molar-refractivity contribution in [2.45, 2.75) is 13.5 Å². The van der Waals surface area contributed by atoms with Gasteiger partial charge in [-0.3, -0.25) is 10.1 Å². The van der Waals surface area contributed by atoms with Crippen LogP contribution in [0.3, 0.4) is 0 Å². The number of aromatic nitrogens is 2. The van der Waals surface area contributed by atoms with E-state index in [2.05, 4.69) is 26.3 Å². The van der Waals surface area contributed by atoms with Crippen molar-refractivity contribution in [3.63, 3.8) is 0 Å². The average molecular weight is 355 g/mol. The van der Waals surface area contributed by atoms with Gasteiger partial charge in [-0.15, -0.1) is 0 Å². The second-order valence-electron chi connectivity index (χ2n) is 4.47. The minimum Gasteiger partial charge on any atom is -0.437 e. The number of nitro benzene ring substituents is 1. The van der Waals surface area contributed by atoms with Crippen LogP contribution in [0.4, 0.5) is 5.69 Å². The fraction of sp³-hybridized carbons (Fsp3) is 0.308. The lowest BCUT2D eigenvalue weighted by Gasteiger charge is -2.10. The fourth-order valence-electron chi connectivity index (χ4n) is 2.01. The largest absolute Gasteiger partial charge is 0.437 e. The molecule has 1 aromatic heterocycles. The van der Waals surface area contributed by atoms with Crippen molar-refractivity contribution in [2.75, 3.05) is 7.05 Å². The maximum absolute atomic E-state index is 11.0. The first-order valence-corrected chi connectivity index (χ1v) is 7.02. The SMILES string of the molecule is CNCc1c(C)nn(C)c1Oc1cccc([N+](=O)[O-])c1Br. The summed E-state index contributed by atoms with van der Waals surface area (Å²) in [5, 5.41) is 18.3. The molecule has 0 bridgehead atoms. The van der Waals surface area contributed by atoms with E-state index in [4.69, 9.17) is 4.74 Å². The van der Waals surface area contributed by atoms with Gasteiger partial charge in [0.25, 0.3) is 5.69 Å². The molecule has 2 rings (SSSR count). The molecule has 0 amide bonds. The summed E-state index contributed by atoms with van der Waals surface area (Å²) in [6.07, 6.45) is 0. The van der Waals surface area contributed by atoms with Crippen molar-refractivity contribution in [1.82, 2.24) is 15.1 Å². The van der Waals surface area contributed by atoms with Crippen LogP contribution in [0, 0.1) is 17.0 Å². The molecule has 0 fully saturated rings. The van der Waals surface area contributed by atoms with Gasteiger partial charge in [0.1, 0.15) is 4.47 Å². The lowest BCUT2D eigenvalue weighted by atomic mass is 10.2. The van der Waals surface area contributed by atoms with Crippen molar-refractivity contribution in [1.29, 1.82) is 0 Å². The Bertz CT molecular complexity index is 684. The van der Waals surface area contributed by atoms with Crippen LogP contribution in [0.5, 0.6) is 11.6 Å². The normalized spacial score (nSPS) is 10.7. The number of benzene rings is 1. The fourth-order valence-corrected chi connectivity index (χ4v) is 2.50. The van der Waals surface area contributed by atoms with E-state index in [1.807, 2.05) is 14.0 Å². The average Bonchev–Trinajstić information content (AvgIpc) is 2.68. The van der Waals surface area contributed by atoms with Crippen molar-refractivity contribution < 1.29 is 9.66 Å². The molecular weight excluding hydrogens is 340 g/mol. The zero-order valence-corrected chi connectivity index (χ0v) is 13.5. The van der Waals surface area contributed by atoms with Gasteiger partial charge in [0, 0.05) is 19.7 Å². The standard InChI is InChI=1S/C13H15BrN4O3/c1-8-9(7-15-2)13(17(3)16-8)21-11-6-4-5-10(12(11)14)18(19)20/h4-6,15H,7H2,1-3H3. The van der Waals surface area contributed by atoms with E-state index in [0.717, 1.165) is 11.3 Å². The van der Waals surface area contributed by atoms with Gasteiger partial charge in [0.2, 0.25) is 5.88 Å². The molecule has 0 aliphatic heterocycles. The first-order chi connectivity index (χ1) is 9.95. The van der Waals surface area contributed by atoms with E-state index in [0.29, 0.717) is 22.6 Å². The minimum atomic E-state index is -0.458. The number of hydrogen-bond donors (Lipinski definition) is 1. The van der Waals surface area contributed by atoms with Crippen molar-refractivity contribution in [3.05, 3.63) is 44.0 Å². The van der Waals surface area contributed by atoms with E-state index >= 15 is 0 Å². The number of nitro groups is 1. The monoisotopic (exact) mass is 354 g/mol. The predicted molar refractivity (Wildman–Crippen MR) is 81.6 cm³/mol. The summed E-state index contributed by atoms with van der Waals surface area (Å²) in [5.74, 6) is 0.938. The smallest absolute Gasteiger partial charge is 0.287 e. The van der Waals surface area contributed by atoms with E-state index in [1.165, 1.54) is 6.07 Å². The van der Waals surface area contributed by atoms with Crippen molar-refractivity contribution in [3.8, 4) is 11.6 Å². The third kappa shape index (κ3) is 3.06. The second kappa shape index (κ2) is 6.23. The summed E-state index contributed by atoms with van der Waals surface area (Å²) in [4.78, 5) is 10.5. The third-order valence-corrected chi connectivity index (χ3v) is 3.79. The third-order valence-electron chi connectivity index (χ3n) is 2.99. The zero-order valence-electron chi connectivity index (χ0n) is 11.9. The molecule has 8 heteroatoms. The summed E-state index contributed by atoms with van der Waals surface area (Å²) >= 11 is 3.22. The highest BCUT2D eigenvalue weighted by molar-refractivity contribution is 9.10. The molecule has 0 aliphatic carbocycles. The zero-order chi connectivity index (χ0) is 15.6. The molecule has 0 saturated carbocycles. The summed E-state index contributed by atoms with van der Waals surface area (Å²) < 4.78 is 7.77. The molecule has 2 aromatic rings. The molecular formula is C13H15BrN4O3. The molecule has 21 heavy (non-hydrogen) atoms. The Morgan fingerprint density at radius 1 is 1.52 bits per heavy atom. The lowest BCUT2D eigenvalue weighted by Crippen LogP contribution is -2.07. The molecule has 0 unspecified atom stereocenters. The number of nitrogens with one attached hydrogen (secondary N) is 1. The van der Waals surface area contributed by atoms with Crippen LogP contribution in [0.15, 0.2) is 22.7 Å². The first kappa shape index (κ1) is 15.5. The summed E-state index contributed by atoms with van der Waals surface area (Å²) in [5.41, 5.74) is 1.73. The second-order valence-corrected chi connectivity index (χ2v) is 5.26. The van der Waals surface area contributed by atoms with Gasteiger partial charge in [-0.1, -0.05) is 6.07 Å². The van der Waals surface area contributed by atoms with Gasteiger partial charge in [0.05, 0.1) is 16.2 Å². The Hall–Kier alpha value is -1.93. The number of ether oxygens (including phenoxy) is 1. The van der Waals surface area contributed by atoms with Crippen LogP contribution in [0.1, 0.15) is 11.3 Å². The maximum Gasteiger partial charge on any atom is 0.287 e. The van der Waals surface area contributed by atoms with Crippen LogP contribution in [-0.4, -0.2) is 21.8 Å². The molecule has 1 N–H and O–H groups in total. The quantitative estimate of drug-likeness (QED) is 0.659. The van der Waals surface area contributed by atoms with E-state index in [-0.39, 0.29) is 5.69 Å². The summed E-state index contributed by atoms with van der Waals surface area (Å²) in [6, 6.07) is 4.67. The van der Waals surface area contributed by atoms with Crippen LogP contribution in [0.25, 0.3) is 0 Å². The molecule has 7 nitrogen and oxygen atoms in total. The van der Waals surface area contributed by atoms with Gasteiger partial charge < -0.3 is 10.1 Å². The first-order valence-electron chi connectivity index (χ1n) is 6.23. The summed E-state index contributed by atoms with van der Waals surface area (Å²) in [6.45, 7) is 2.49. The lowest BCUT2D eigenvalue weighted by molar-refractivity contribution is -0.385. The highest BCUT2D eigenvalue weighted by atomic mass is 79.9. The van der Waals surface area contributed by atoms with Crippen LogP contribution >= 0.6 is 15.9 Å². The Morgan fingerprint density at radius 3 is 2.86 bits per heavy atom. The number of nitrogens with zero attached hydrogens (tertiary/aromatic N) is 3. The van der Waals surface area contributed by atoms with E-state index in [9.17, 15) is 10.1 Å². The van der Waals surface area contributed by atoms with Crippen LogP contribution in [-0.2, 0) is 13.6 Å². The molecule has 0 saturated heterocycles. The van der Waals surface area contributed by atoms with Crippen LogP contribution < -0.4 is 10.1 Å². The Kier molecular flexibility index (Phi) is 4.59. The molecule has 0 aliphatic rings. The van der Waals surface area contributed by atoms with Gasteiger partial charge in [0.15, 0.2) is 5.75 Å². The van der Waals surface area contributed by atoms with Gasteiger partial charge in [-0.2, -0.15) is 5.10 Å². The Balaban J connectivity index is 2.43. The number of rotatable bonds is 5. The predicted octanol–water partition coefficient (Wildman–Crippen LogP) is 2.91. The van der Waals surface area contributed by atoms with Gasteiger partial charge >= 0.3 is 0 Å². The maximum atomic E-state index is 11.0. The molecule has 1 heterocycles. The topological polar surface area (TPSA) is 82.2 Å².